The van der Waals surface area contributed by atoms with Gasteiger partial charge in [-0.05, 0) is 38.7 Å². The zero-order valence-electron chi connectivity index (χ0n) is 11.4. The van der Waals surface area contributed by atoms with Gasteiger partial charge < -0.3 is 19.7 Å². The maximum atomic E-state index is 5.57. The summed E-state index contributed by atoms with van der Waals surface area (Å²) in [7, 11) is 4.19. The summed E-state index contributed by atoms with van der Waals surface area (Å²) in [6.07, 6.45) is 0. The van der Waals surface area contributed by atoms with Gasteiger partial charge in [0.15, 0.2) is 11.5 Å². The van der Waals surface area contributed by atoms with E-state index in [4.69, 9.17) is 9.47 Å². The monoisotopic (exact) mass is 250 g/mol. The van der Waals surface area contributed by atoms with E-state index in [0.717, 1.165) is 24.6 Å². The number of hydrogen-bond donors (Lipinski definition) is 1. The molecule has 1 heterocycles. The van der Waals surface area contributed by atoms with Crippen molar-refractivity contribution in [3.8, 4) is 11.5 Å². The minimum atomic E-state index is 0.530. The molecule has 0 aromatic heterocycles. The highest BCUT2D eigenvalue weighted by Gasteiger charge is 2.11. The van der Waals surface area contributed by atoms with Crippen molar-refractivity contribution in [2.75, 3.05) is 33.9 Å². The lowest BCUT2D eigenvalue weighted by molar-refractivity contribution is 0.171. The van der Waals surface area contributed by atoms with Crippen LogP contribution in [0, 0.1) is 0 Å². The molecule has 1 aliphatic heterocycles. The Labute approximate surface area is 109 Å². The highest BCUT2D eigenvalue weighted by Crippen LogP contribution is 2.30. The molecular weight excluding hydrogens is 228 g/mol. The fourth-order valence-electron chi connectivity index (χ4n) is 1.81. The van der Waals surface area contributed by atoms with Crippen LogP contribution in [0.3, 0.4) is 0 Å². The second-order valence-electron chi connectivity index (χ2n) is 4.92. The number of nitrogens with zero attached hydrogens (tertiary/aromatic N) is 1. The van der Waals surface area contributed by atoms with Gasteiger partial charge in [0.05, 0.1) is 0 Å². The van der Waals surface area contributed by atoms with Crippen molar-refractivity contribution >= 4 is 0 Å². The molecule has 1 unspecified atom stereocenters. The Bertz CT molecular complexity index is 393. The Balaban J connectivity index is 1.86. The van der Waals surface area contributed by atoms with Gasteiger partial charge in [-0.3, -0.25) is 0 Å². The molecule has 0 saturated carbocycles. The third-order valence-corrected chi connectivity index (χ3v) is 3.26. The molecule has 0 aliphatic carbocycles. The first-order valence-corrected chi connectivity index (χ1v) is 6.42. The van der Waals surface area contributed by atoms with E-state index in [2.05, 4.69) is 43.4 Å². The summed E-state index contributed by atoms with van der Waals surface area (Å²) in [4.78, 5) is 2.21. The quantitative estimate of drug-likeness (QED) is 0.858. The summed E-state index contributed by atoms with van der Waals surface area (Å²) in [5.41, 5.74) is 1.23. The standard InChI is InChI=1S/C14H22N2O2/c1-11(16(2)3)9-15-10-12-4-5-13-14(8-12)18-7-6-17-13/h4-5,8,11,15H,6-7,9-10H2,1-3H3. The molecule has 1 N–H and O–H groups in total. The van der Waals surface area contributed by atoms with Crippen LogP contribution in [0.2, 0.25) is 0 Å². The molecule has 0 saturated heterocycles. The average Bonchev–Trinajstić information content (AvgIpc) is 2.38. The number of benzene rings is 1. The first-order chi connectivity index (χ1) is 8.66. The number of hydrogen-bond acceptors (Lipinski definition) is 4. The molecule has 0 fully saturated rings. The van der Waals surface area contributed by atoms with Gasteiger partial charge in [-0.15, -0.1) is 0 Å². The van der Waals surface area contributed by atoms with Crippen molar-refractivity contribution in [1.82, 2.24) is 10.2 Å². The van der Waals surface area contributed by atoms with Gasteiger partial charge in [0, 0.05) is 19.1 Å². The molecule has 1 aromatic carbocycles. The Morgan fingerprint density at radius 2 is 1.94 bits per heavy atom. The first-order valence-electron chi connectivity index (χ1n) is 6.42. The van der Waals surface area contributed by atoms with Crippen LogP contribution in [0.15, 0.2) is 18.2 Å². The minimum Gasteiger partial charge on any atom is -0.486 e. The molecule has 1 atom stereocenters. The highest BCUT2D eigenvalue weighted by molar-refractivity contribution is 5.43. The molecule has 0 spiro atoms. The zero-order valence-corrected chi connectivity index (χ0v) is 11.4. The van der Waals surface area contributed by atoms with Gasteiger partial charge in [0.2, 0.25) is 0 Å². The normalized spacial score (nSPS) is 15.8. The van der Waals surface area contributed by atoms with Crippen molar-refractivity contribution in [3.63, 3.8) is 0 Å². The van der Waals surface area contributed by atoms with Crippen LogP contribution in [0.25, 0.3) is 0 Å². The molecule has 100 valence electrons. The lowest BCUT2D eigenvalue weighted by Crippen LogP contribution is -2.35. The Morgan fingerprint density at radius 3 is 2.67 bits per heavy atom. The predicted molar refractivity (Wildman–Crippen MR) is 72.3 cm³/mol. The lowest BCUT2D eigenvalue weighted by atomic mass is 10.2. The second kappa shape index (κ2) is 6.07. The average molecular weight is 250 g/mol. The number of likely N-dealkylation sites (N-methyl/N-ethyl adjacent to an activating group) is 1. The summed E-state index contributed by atoms with van der Waals surface area (Å²) in [5, 5.41) is 3.45. The smallest absolute Gasteiger partial charge is 0.161 e. The van der Waals surface area contributed by atoms with Crippen molar-refractivity contribution in [2.45, 2.75) is 19.5 Å². The van der Waals surface area contributed by atoms with Gasteiger partial charge in [0.1, 0.15) is 13.2 Å². The first kappa shape index (κ1) is 13.2. The van der Waals surface area contributed by atoms with Crippen LogP contribution in [0.5, 0.6) is 11.5 Å². The van der Waals surface area contributed by atoms with E-state index in [-0.39, 0.29) is 0 Å². The molecule has 1 aromatic rings. The largest absolute Gasteiger partial charge is 0.486 e. The van der Waals surface area contributed by atoms with Crippen LogP contribution in [-0.4, -0.2) is 44.8 Å². The van der Waals surface area contributed by atoms with Crippen molar-refractivity contribution < 1.29 is 9.47 Å². The van der Waals surface area contributed by atoms with Crippen LogP contribution in [0.4, 0.5) is 0 Å². The SMILES string of the molecule is CC(CNCc1ccc2c(c1)OCCO2)N(C)C. The Kier molecular flexibility index (Phi) is 4.44. The van der Waals surface area contributed by atoms with E-state index in [0.29, 0.717) is 19.3 Å². The molecule has 1 aliphatic rings. The summed E-state index contributed by atoms with van der Waals surface area (Å²) in [5.74, 6) is 1.72. The number of nitrogens with one attached hydrogen (secondary N) is 1. The van der Waals surface area contributed by atoms with Crippen LogP contribution < -0.4 is 14.8 Å². The van der Waals surface area contributed by atoms with E-state index in [1.165, 1.54) is 5.56 Å². The predicted octanol–water partition coefficient (Wildman–Crippen LogP) is 1.50. The van der Waals surface area contributed by atoms with Crippen LogP contribution >= 0.6 is 0 Å². The Hall–Kier alpha value is -1.26. The zero-order chi connectivity index (χ0) is 13.0. The highest BCUT2D eigenvalue weighted by atomic mass is 16.6. The maximum Gasteiger partial charge on any atom is 0.161 e. The lowest BCUT2D eigenvalue weighted by Gasteiger charge is -2.21. The fourth-order valence-corrected chi connectivity index (χ4v) is 1.81. The number of ether oxygens (including phenoxy) is 2. The van der Waals surface area contributed by atoms with Crippen molar-refractivity contribution in [3.05, 3.63) is 23.8 Å². The summed E-state index contributed by atoms with van der Waals surface area (Å²) >= 11 is 0. The second-order valence-corrected chi connectivity index (χ2v) is 4.92. The van der Waals surface area contributed by atoms with Gasteiger partial charge in [-0.2, -0.15) is 0 Å². The van der Waals surface area contributed by atoms with E-state index < -0.39 is 0 Å². The van der Waals surface area contributed by atoms with Crippen LogP contribution in [-0.2, 0) is 6.54 Å². The van der Waals surface area contributed by atoms with Crippen molar-refractivity contribution in [2.24, 2.45) is 0 Å². The van der Waals surface area contributed by atoms with Gasteiger partial charge in [-0.25, -0.2) is 0 Å². The topological polar surface area (TPSA) is 33.7 Å². The van der Waals surface area contributed by atoms with Crippen molar-refractivity contribution in [1.29, 1.82) is 0 Å². The molecule has 4 heteroatoms. The third kappa shape index (κ3) is 3.37. The molecular formula is C14H22N2O2. The molecule has 0 radical (unpaired) electrons. The van der Waals surface area contributed by atoms with Gasteiger partial charge >= 0.3 is 0 Å². The minimum absolute atomic E-state index is 0.530. The maximum absolute atomic E-state index is 5.57. The van der Waals surface area contributed by atoms with E-state index in [1.54, 1.807) is 0 Å². The van der Waals surface area contributed by atoms with Gasteiger partial charge in [0.25, 0.3) is 0 Å². The van der Waals surface area contributed by atoms with Gasteiger partial charge in [-0.1, -0.05) is 6.07 Å². The molecule has 2 rings (SSSR count). The van der Waals surface area contributed by atoms with Crippen LogP contribution in [0.1, 0.15) is 12.5 Å². The Morgan fingerprint density at radius 1 is 1.22 bits per heavy atom. The number of fused-ring (bicyclic) bond motifs is 1. The summed E-state index contributed by atoms with van der Waals surface area (Å²) in [6.45, 7) is 5.32. The molecule has 0 amide bonds. The van der Waals surface area contributed by atoms with E-state index in [1.807, 2.05) is 6.07 Å². The molecule has 4 nitrogen and oxygen atoms in total. The summed E-state index contributed by atoms with van der Waals surface area (Å²) in [6, 6.07) is 6.66. The van der Waals surface area contributed by atoms with E-state index in [9.17, 15) is 0 Å². The van der Waals surface area contributed by atoms with E-state index >= 15 is 0 Å². The molecule has 18 heavy (non-hydrogen) atoms. The fraction of sp³-hybridized carbons (Fsp3) is 0.571. The molecule has 0 bridgehead atoms. The number of rotatable bonds is 5. The third-order valence-electron chi connectivity index (χ3n) is 3.26. The summed E-state index contributed by atoms with van der Waals surface area (Å²) < 4.78 is 11.1.